The van der Waals surface area contributed by atoms with Gasteiger partial charge in [-0.05, 0) is 0 Å². The summed E-state index contributed by atoms with van der Waals surface area (Å²) < 4.78 is 0. The Hall–Kier alpha value is -0.640. The van der Waals surface area contributed by atoms with E-state index in [-0.39, 0.29) is 10.8 Å². The summed E-state index contributed by atoms with van der Waals surface area (Å²) in [5, 5.41) is 6.46. The van der Waals surface area contributed by atoms with Crippen molar-refractivity contribution >= 4 is 23.0 Å². The number of amidine groups is 1. The van der Waals surface area contributed by atoms with Gasteiger partial charge in [0.15, 0.2) is 5.84 Å². The molecule has 0 aliphatic carbocycles. The molecular weight excluding hydrogens is 98.1 g/mol. The van der Waals surface area contributed by atoms with Crippen molar-refractivity contribution in [1.82, 2.24) is 0 Å². The van der Waals surface area contributed by atoms with Gasteiger partial charge < -0.3 is 11.5 Å². The Bertz CT molecular complexity index is 74.8. The highest BCUT2D eigenvalue weighted by Gasteiger charge is 1.84. The van der Waals surface area contributed by atoms with Crippen molar-refractivity contribution in [3.63, 3.8) is 0 Å². The van der Waals surface area contributed by atoms with Gasteiger partial charge in [-0.25, -0.2) is 0 Å². The van der Waals surface area contributed by atoms with Gasteiger partial charge in [-0.3, -0.25) is 5.41 Å². The lowest BCUT2D eigenvalue weighted by molar-refractivity contribution is 1.48. The van der Waals surface area contributed by atoms with Gasteiger partial charge >= 0.3 is 0 Å². The van der Waals surface area contributed by atoms with Gasteiger partial charge in [0.2, 0.25) is 0 Å². The smallest absolute Gasteiger partial charge is 0.150 e. The van der Waals surface area contributed by atoms with Crippen molar-refractivity contribution in [3.8, 4) is 0 Å². The fourth-order valence-corrected chi connectivity index (χ4v) is 0. The number of hydrogen-bond acceptors (Lipinski definition) is 2. The van der Waals surface area contributed by atoms with E-state index in [9.17, 15) is 0 Å². The molecule has 34 valence electrons. The van der Waals surface area contributed by atoms with E-state index in [4.69, 9.17) is 16.9 Å². The fourth-order valence-electron chi connectivity index (χ4n) is 0. The Morgan fingerprint density at radius 3 is 1.67 bits per heavy atom. The molecule has 0 bridgehead atoms. The lowest BCUT2D eigenvalue weighted by atomic mass is 10.6. The van der Waals surface area contributed by atoms with Crippen LogP contribution in [0.5, 0.6) is 0 Å². The molecular formula is C2H5N3S. The minimum Gasteiger partial charge on any atom is -0.387 e. The predicted molar refractivity (Wildman–Crippen MR) is 28.7 cm³/mol. The Kier molecular flexibility index (Phi) is 1.53. The van der Waals surface area contributed by atoms with Crippen LogP contribution in [0.1, 0.15) is 0 Å². The molecule has 0 aliphatic rings. The lowest BCUT2D eigenvalue weighted by Crippen LogP contribution is -2.27. The minimum absolute atomic E-state index is 0.0463. The van der Waals surface area contributed by atoms with Crippen molar-refractivity contribution in [1.29, 1.82) is 5.41 Å². The monoisotopic (exact) mass is 103 g/mol. The molecule has 0 fully saturated rings. The summed E-state index contributed by atoms with van der Waals surface area (Å²) in [6.07, 6.45) is 0. The van der Waals surface area contributed by atoms with E-state index in [0.717, 1.165) is 0 Å². The minimum atomic E-state index is -0.231. The van der Waals surface area contributed by atoms with Gasteiger partial charge in [0.25, 0.3) is 0 Å². The van der Waals surface area contributed by atoms with Crippen LogP contribution >= 0.6 is 12.2 Å². The molecule has 0 atom stereocenters. The third kappa shape index (κ3) is 1.66. The van der Waals surface area contributed by atoms with E-state index in [0.29, 0.717) is 0 Å². The molecule has 0 radical (unpaired) electrons. The Morgan fingerprint density at radius 1 is 1.50 bits per heavy atom. The second-order valence-electron chi connectivity index (χ2n) is 0.778. The summed E-state index contributed by atoms with van der Waals surface area (Å²) in [5.74, 6) is -0.231. The first-order chi connectivity index (χ1) is 2.64. The standard InChI is InChI=1S/C2H5N3S/c3-1(4)2(5)6/h(H3,3,4)(H2,5,6). The second-order valence-corrected chi connectivity index (χ2v) is 1.22. The molecule has 0 heterocycles. The maximum Gasteiger partial charge on any atom is 0.150 e. The SMILES string of the molecule is N=C(N)C(N)=S. The largest absolute Gasteiger partial charge is 0.387 e. The number of hydrogen-bond donors (Lipinski definition) is 3. The van der Waals surface area contributed by atoms with E-state index in [1.54, 1.807) is 0 Å². The van der Waals surface area contributed by atoms with Gasteiger partial charge in [0.05, 0.1) is 0 Å². The molecule has 0 saturated heterocycles. The van der Waals surface area contributed by atoms with Gasteiger partial charge in [-0.2, -0.15) is 0 Å². The van der Waals surface area contributed by atoms with Crippen LogP contribution in [0.4, 0.5) is 0 Å². The maximum absolute atomic E-state index is 6.46. The Labute approximate surface area is 40.8 Å². The molecule has 0 unspecified atom stereocenters. The van der Waals surface area contributed by atoms with Crippen LogP contribution in [0.3, 0.4) is 0 Å². The summed E-state index contributed by atoms with van der Waals surface area (Å²) in [6.45, 7) is 0. The van der Waals surface area contributed by atoms with Crippen molar-refractivity contribution in [2.45, 2.75) is 0 Å². The highest BCUT2D eigenvalue weighted by Crippen LogP contribution is 1.56. The first kappa shape index (κ1) is 5.36. The van der Waals surface area contributed by atoms with E-state index >= 15 is 0 Å². The van der Waals surface area contributed by atoms with Crippen LogP contribution in [0.2, 0.25) is 0 Å². The van der Waals surface area contributed by atoms with Gasteiger partial charge in [0.1, 0.15) is 4.99 Å². The van der Waals surface area contributed by atoms with Crippen LogP contribution in [-0.2, 0) is 0 Å². The molecule has 0 spiro atoms. The van der Waals surface area contributed by atoms with Crippen molar-refractivity contribution in [2.75, 3.05) is 0 Å². The van der Waals surface area contributed by atoms with Crippen molar-refractivity contribution in [3.05, 3.63) is 0 Å². The van der Waals surface area contributed by atoms with Gasteiger partial charge in [0, 0.05) is 0 Å². The summed E-state index contributed by atoms with van der Waals surface area (Å²) >= 11 is 4.25. The molecule has 0 aromatic heterocycles. The molecule has 0 aromatic carbocycles. The van der Waals surface area contributed by atoms with E-state index < -0.39 is 0 Å². The average Bonchev–Trinajstić information content (AvgIpc) is 1.36. The lowest BCUT2D eigenvalue weighted by Gasteiger charge is -1.84. The van der Waals surface area contributed by atoms with E-state index in [1.165, 1.54) is 0 Å². The zero-order chi connectivity index (χ0) is 5.15. The van der Waals surface area contributed by atoms with E-state index in [1.807, 2.05) is 0 Å². The molecule has 5 N–H and O–H groups in total. The highest BCUT2D eigenvalue weighted by molar-refractivity contribution is 7.82. The molecule has 0 rings (SSSR count). The molecule has 6 heavy (non-hydrogen) atoms. The van der Waals surface area contributed by atoms with Gasteiger partial charge in [-0.1, -0.05) is 12.2 Å². The quantitative estimate of drug-likeness (QED) is 0.213. The third-order valence-electron chi connectivity index (χ3n) is 0.265. The molecule has 3 nitrogen and oxygen atoms in total. The molecule has 0 amide bonds. The van der Waals surface area contributed by atoms with Crippen LogP contribution in [0, 0.1) is 5.41 Å². The topological polar surface area (TPSA) is 75.9 Å². The van der Waals surface area contributed by atoms with Crippen LogP contribution in [0.25, 0.3) is 0 Å². The number of nitrogens with one attached hydrogen (secondary N) is 1. The Balaban J connectivity index is 3.57. The first-order valence-corrected chi connectivity index (χ1v) is 1.69. The fraction of sp³-hybridized carbons (Fsp3) is 0. The normalized spacial score (nSPS) is 7.33. The number of thiocarbonyl (C=S) groups is 1. The maximum atomic E-state index is 6.46. The second kappa shape index (κ2) is 1.71. The summed E-state index contributed by atoms with van der Waals surface area (Å²) in [4.78, 5) is -0.0463. The third-order valence-corrected chi connectivity index (χ3v) is 0.485. The predicted octanol–water partition coefficient (Wildman–Crippen LogP) is -0.792. The van der Waals surface area contributed by atoms with E-state index in [2.05, 4.69) is 12.2 Å². The zero-order valence-electron chi connectivity index (χ0n) is 3.06. The number of nitrogens with two attached hydrogens (primary N) is 2. The highest BCUT2D eigenvalue weighted by atomic mass is 32.1. The Morgan fingerprint density at radius 2 is 1.67 bits per heavy atom. The van der Waals surface area contributed by atoms with Gasteiger partial charge in [-0.15, -0.1) is 0 Å². The summed E-state index contributed by atoms with van der Waals surface area (Å²) in [7, 11) is 0. The molecule has 4 heteroatoms. The zero-order valence-corrected chi connectivity index (χ0v) is 3.88. The first-order valence-electron chi connectivity index (χ1n) is 1.28. The molecule has 0 aliphatic heterocycles. The van der Waals surface area contributed by atoms with Crippen molar-refractivity contribution in [2.24, 2.45) is 11.5 Å². The number of rotatable bonds is 0. The summed E-state index contributed by atoms with van der Waals surface area (Å²) in [6, 6.07) is 0. The van der Waals surface area contributed by atoms with Crippen LogP contribution in [-0.4, -0.2) is 10.8 Å². The van der Waals surface area contributed by atoms with Crippen LogP contribution in [0.15, 0.2) is 0 Å². The molecule has 0 aromatic rings. The van der Waals surface area contributed by atoms with Crippen LogP contribution < -0.4 is 11.5 Å². The summed E-state index contributed by atoms with van der Waals surface area (Å²) in [5.41, 5.74) is 9.57. The molecule has 0 saturated carbocycles. The average molecular weight is 103 g/mol. The van der Waals surface area contributed by atoms with Crippen molar-refractivity contribution < 1.29 is 0 Å².